The van der Waals surface area contributed by atoms with Crippen LogP contribution in [0.3, 0.4) is 0 Å². The van der Waals surface area contributed by atoms with Crippen molar-refractivity contribution >= 4 is 42.5 Å². The average molecular weight is 669 g/mol. The van der Waals surface area contributed by atoms with E-state index in [1.807, 2.05) is 12.5 Å². The zero-order valence-corrected chi connectivity index (χ0v) is 31.5. The Bertz CT molecular complexity index is 530. The molecular formula is C33H73N4O3PS2. The number of nitrogens with zero attached hydrogens (tertiary/aromatic N) is 2. The summed E-state index contributed by atoms with van der Waals surface area (Å²) in [6, 6.07) is 0. The van der Waals surface area contributed by atoms with Gasteiger partial charge in [0.15, 0.2) is 10.3 Å². The van der Waals surface area contributed by atoms with E-state index in [0.29, 0.717) is 0 Å². The van der Waals surface area contributed by atoms with Gasteiger partial charge in [-0.3, -0.25) is 9.98 Å². The van der Waals surface area contributed by atoms with Gasteiger partial charge in [0.1, 0.15) is 0 Å². The minimum Gasteiger partial charge on any atom is -0.379 e. The van der Waals surface area contributed by atoms with Gasteiger partial charge in [0.2, 0.25) is 0 Å². The lowest BCUT2D eigenvalue weighted by Gasteiger charge is -2.02. The predicted octanol–water partition coefficient (Wildman–Crippen LogP) is 10.6. The van der Waals surface area contributed by atoms with Crippen LogP contribution in [0, 0.1) is 0 Å². The Kier molecular flexibility index (Phi) is 48.5. The van der Waals surface area contributed by atoms with Crippen LogP contribution >= 0.6 is 32.1 Å². The van der Waals surface area contributed by atoms with Crippen molar-refractivity contribution in [2.75, 3.05) is 32.7 Å². The molecule has 0 aliphatic rings. The SMILES string of the molecule is CCCCCCCCCCCCCCN=C(N)SC.CCCCCCCCCCCCCCN=C(N)SC.COP(O)O. The summed E-state index contributed by atoms with van der Waals surface area (Å²) in [4.78, 5) is 24.1. The molecule has 0 saturated heterocycles. The third-order valence-corrected chi connectivity index (χ3v) is 8.56. The molecule has 7 nitrogen and oxygen atoms in total. The standard InChI is InChI=1S/2C16H34N2S.CH5O3P/c2*1-3-4-5-6-7-8-9-10-11-12-13-14-15-18-16(17)19-2;1-4-5(2)3/h2*3-15H2,1-2H3,(H2,17,18);2-3H,1H3. The van der Waals surface area contributed by atoms with Gasteiger partial charge >= 0.3 is 8.60 Å². The topological polar surface area (TPSA) is 126 Å². The first-order valence-electron chi connectivity index (χ1n) is 17.3. The van der Waals surface area contributed by atoms with Crippen LogP contribution in [0.25, 0.3) is 0 Å². The summed E-state index contributed by atoms with van der Waals surface area (Å²) < 4.78 is 3.93. The number of rotatable bonds is 27. The maximum atomic E-state index is 7.76. The van der Waals surface area contributed by atoms with Crippen molar-refractivity contribution in [3.63, 3.8) is 0 Å². The van der Waals surface area contributed by atoms with Crippen LogP contribution in [0.15, 0.2) is 9.98 Å². The lowest BCUT2D eigenvalue weighted by Crippen LogP contribution is -2.06. The molecule has 0 amide bonds. The highest BCUT2D eigenvalue weighted by molar-refractivity contribution is 8.13. The molecule has 0 radical (unpaired) electrons. The minimum absolute atomic E-state index is 0.725. The highest BCUT2D eigenvalue weighted by atomic mass is 32.2. The maximum absolute atomic E-state index is 7.76. The van der Waals surface area contributed by atoms with Gasteiger partial charge in [0.05, 0.1) is 0 Å². The molecule has 43 heavy (non-hydrogen) atoms. The number of hydrogen-bond acceptors (Lipinski definition) is 7. The van der Waals surface area contributed by atoms with Crippen LogP contribution in [-0.2, 0) is 4.52 Å². The molecule has 0 aromatic rings. The van der Waals surface area contributed by atoms with Gasteiger partial charge in [-0.05, 0) is 25.4 Å². The molecule has 6 N–H and O–H groups in total. The first kappa shape index (κ1) is 47.4. The number of thioether (sulfide) groups is 2. The Balaban J connectivity index is -0.000000642. The molecule has 260 valence electrons. The lowest BCUT2D eigenvalue weighted by molar-refractivity contribution is 0.310. The third-order valence-electron chi connectivity index (χ3n) is 7.14. The van der Waals surface area contributed by atoms with Crippen molar-refractivity contribution in [3.05, 3.63) is 0 Å². The summed E-state index contributed by atoms with van der Waals surface area (Å²) in [5.74, 6) is 0. The summed E-state index contributed by atoms with van der Waals surface area (Å²) in [7, 11) is -0.870. The zero-order valence-electron chi connectivity index (χ0n) is 29.0. The molecule has 0 spiro atoms. The van der Waals surface area contributed by atoms with Crippen molar-refractivity contribution in [1.82, 2.24) is 0 Å². The van der Waals surface area contributed by atoms with Gasteiger partial charge in [-0.25, -0.2) is 0 Å². The van der Waals surface area contributed by atoms with E-state index in [1.54, 1.807) is 0 Å². The number of hydrogen-bond donors (Lipinski definition) is 4. The molecule has 10 heteroatoms. The van der Waals surface area contributed by atoms with Crippen molar-refractivity contribution in [2.24, 2.45) is 21.5 Å². The van der Waals surface area contributed by atoms with Crippen LogP contribution in [0.1, 0.15) is 168 Å². The van der Waals surface area contributed by atoms with Gasteiger partial charge in [-0.15, -0.1) is 0 Å². The molecule has 0 fully saturated rings. The largest absolute Gasteiger partial charge is 0.379 e. The van der Waals surface area contributed by atoms with Gasteiger partial charge in [-0.2, -0.15) is 0 Å². The summed E-state index contributed by atoms with van der Waals surface area (Å²) in [6.07, 6.45) is 37.3. The van der Waals surface area contributed by atoms with E-state index in [1.165, 1.54) is 185 Å². The molecule has 0 aromatic carbocycles. The third kappa shape index (κ3) is 51.8. The Morgan fingerprint density at radius 2 is 0.721 bits per heavy atom. The first-order chi connectivity index (χ1) is 20.9. The fourth-order valence-electron chi connectivity index (χ4n) is 4.41. The molecule has 0 unspecified atom stereocenters. The quantitative estimate of drug-likeness (QED) is 0.0297. The van der Waals surface area contributed by atoms with Crippen molar-refractivity contribution in [2.45, 2.75) is 168 Å². The van der Waals surface area contributed by atoms with E-state index in [4.69, 9.17) is 21.3 Å². The molecule has 0 heterocycles. The highest BCUT2D eigenvalue weighted by Gasteiger charge is 1.95. The Hall–Kier alpha value is -0.0500. The molecule has 0 atom stereocenters. The van der Waals surface area contributed by atoms with Crippen LogP contribution in [0.4, 0.5) is 0 Å². The maximum Gasteiger partial charge on any atom is 0.326 e. The van der Waals surface area contributed by atoms with E-state index in [0.717, 1.165) is 23.4 Å². The van der Waals surface area contributed by atoms with Crippen LogP contribution in [-0.4, -0.2) is 52.8 Å². The molecule has 0 aromatic heterocycles. The minimum atomic E-state index is -2.10. The van der Waals surface area contributed by atoms with Crippen molar-refractivity contribution in [3.8, 4) is 0 Å². The Labute approximate surface area is 278 Å². The normalized spacial score (nSPS) is 11.7. The predicted molar refractivity (Wildman–Crippen MR) is 201 cm³/mol. The van der Waals surface area contributed by atoms with E-state index in [2.05, 4.69) is 28.4 Å². The fraction of sp³-hybridized carbons (Fsp3) is 0.939. The van der Waals surface area contributed by atoms with Crippen LogP contribution in [0.2, 0.25) is 0 Å². The highest BCUT2D eigenvalue weighted by Crippen LogP contribution is 2.21. The van der Waals surface area contributed by atoms with Crippen LogP contribution < -0.4 is 11.5 Å². The number of unbranched alkanes of at least 4 members (excludes halogenated alkanes) is 22. The van der Waals surface area contributed by atoms with Crippen molar-refractivity contribution < 1.29 is 14.3 Å². The Morgan fingerprint density at radius 3 is 0.907 bits per heavy atom. The number of nitrogens with two attached hydrogens (primary N) is 2. The number of aliphatic imine (C=N–C) groups is 2. The number of amidine groups is 2. The first-order valence-corrected chi connectivity index (χ1v) is 20.9. The second-order valence-corrected chi connectivity index (χ2v) is 13.6. The molecule has 0 saturated carbocycles. The molecule has 0 bridgehead atoms. The molecule has 0 rings (SSSR count). The van der Waals surface area contributed by atoms with E-state index >= 15 is 0 Å². The average Bonchev–Trinajstić information content (AvgIpc) is 3.02. The monoisotopic (exact) mass is 668 g/mol. The summed E-state index contributed by atoms with van der Waals surface area (Å²) in [6.45, 7) is 6.37. The zero-order chi connectivity index (χ0) is 32.7. The molecular weight excluding hydrogens is 595 g/mol. The molecule has 0 aliphatic carbocycles. The van der Waals surface area contributed by atoms with Gasteiger partial charge < -0.3 is 25.8 Å². The smallest absolute Gasteiger partial charge is 0.326 e. The van der Waals surface area contributed by atoms with Crippen molar-refractivity contribution in [1.29, 1.82) is 0 Å². The summed E-state index contributed by atoms with van der Waals surface area (Å²) >= 11 is 3.07. The fourth-order valence-corrected chi connectivity index (χ4v) is 4.85. The van der Waals surface area contributed by atoms with Gasteiger partial charge in [-0.1, -0.05) is 179 Å². The Morgan fingerprint density at radius 1 is 0.512 bits per heavy atom. The lowest BCUT2D eigenvalue weighted by atomic mass is 10.1. The van der Waals surface area contributed by atoms with Gasteiger partial charge in [0, 0.05) is 20.2 Å². The van der Waals surface area contributed by atoms with E-state index < -0.39 is 8.60 Å². The molecule has 0 aliphatic heterocycles. The summed E-state index contributed by atoms with van der Waals surface area (Å²) in [5, 5.41) is 1.45. The van der Waals surface area contributed by atoms with E-state index in [-0.39, 0.29) is 0 Å². The van der Waals surface area contributed by atoms with Gasteiger partial charge in [0.25, 0.3) is 0 Å². The van der Waals surface area contributed by atoms with Crippen LogP contribution in [0.5, 0.6) is 0 Å². The second kappa shape index (κ2) is 44.1. The second-order valence-electron chi connectivity index (χ2n) is 11.1. The summed E-state index contributed by atoms with van der Waals surface area (Å²) in [5.41, 5.74) is 11.3. The van der Waals surface area contributed by atoms with E-state index in [9.17, 15) is 0 Å².